The Labute approximate surface area is 153 Å². The molecule has 0 saturated carbocycles. The van der Waals surface area contributed by atoms with E-state index in [9.17, 15) is 0 Å². The van der Waals surface area contributed by atoms with Gasteiger partial charge >= 0.3 is 0 Å². The lowest BCUT2D eigenvalue weighted by Crippen LogP contribution is -2.02. The van der Waals surface area contributed by atoms with Crippen LogP contribution in [0.15, 0.2) is 113 Å². The molecule has 0 aliphatic carbocycles. The lowest BCUT2D eigenvalue weighted by atomic mass is 10.0. The Bertz CT molecular complexity index is 1020. The van der Waals surface area contributed by atoms with Gasteiger partial charge in [0, 0.05) is 16.7 Å². The fourth-order valence-electron chi connectivity index (χ4n) is 2.99. The van der Waals surface area contributed by atoms with Crippen molar-refractivity contribution < 1.29 is 0 Å². The van der Waals surface area contributed by atoms with E-state index in [1.165, 1.54) is 10.8 Å². The minimum absolute atomic E-state index is 0.864. The highest BCUT2D eigenvalue weighted by molar-refractivity contribution is 6.13. The summed E-state index contributed by atoms with van der Waals surface area (Å²) in [6.07, 6.45) is 1.83. The molecule has 0 spiro atoms. The Morgan fingerprint density at radius 2 is 1.15 bits per heavy atom. The minimum atomic E-state index is 0.864. The normalized spacial score (nSPS) is 10.9. The van der Waals surface area contributed by atoms with E-state index in [0.717, 1.165) is 22.4 Å². The molecule has 0 amide bonds. The molecule has 0 bridgehead atoms. The summed E-state index contributed by atoms with van der Waals surface area (Å²) in [6.45, 7) is 0. The van der Waals surface area contributed by atoms with Crippen LogP contribution >= 0.6 is 0 Å². The average Bonchev–Trinajstić information content (AvgIpc) is 2.72. The summed E-state index contributed by atoms with van der Waals surface area (Å²) in [7, 11) is 0. The number of hydrogen-bond donors (Lipinski definition) is 0. The summed E-state index contributed by atoms with van der Waals surface area (Å²) in [5.74, 6) is 0. The molecule has 0 radical (unpaired) electrons. The van der Waals surface area contributed by atoms with Gasteiger partial charge in [0.25, 0.3) is 0 Å². The number of rotatable bonds is 4. The molecule has 0 fully saturated rings. The Morgan fingerprint density at radius 3 is 1.85 bits per heavy atom. The van der Waals surface area contributed by atoms with Crippen LogP contribution < -0.4 is 0 Å². The summed E-state index contributed by atoms with van der Waals surface area (Å²) < 4.78 is 0. The van der Waals surface area contributed by atoms with Crippen molar-refractivity contribution >= 4 is 22.7 Å². The lowest BCUT2D eigenvalue weighted by molar-refractivity contribution is 1.24. The third-order valence-corrected chi connectivity index (χ3v) is 4.27. The fourth-order valence-corrected chi connectivity index (χ4v) is 2.99. The second kappa shape index (κ2) is 7.58. The van der Waals surface area contributed by atoms with E-state index >= 15 is 0 Å². The first-order chi connectivity index (χ1) is 12.9. The maximum Gasteiger partial charge on any atom is 0.100 e. The molecule has 0 aliphatic heterocycles. The molecule has 0 atom stereocenters. The summed E-state index contributed by atoms with van der Waals surface area (Å²) in [5, 5.41) is 11.3. The second-order valence-electron chi connectivity index (χ2n) is 5.99. The van der Waals surface area contributed by atoms with Crippen LogP contribution in [-0.4, -0.2) is 11.9 Å². The Hall–Kier alpha value is -3.52. The largest absolute Gasteiger partial charge is 0.158 e. The lowest BCUT2D eigenvalue weighted by Gasteiger charge is -2.05. The smallest absolute Gasteiger partial charge is 0.100 e. The molecule has 4 aromatic carbocycles. The SMILES string of the molecule is C(=N/N=C(c1ccccc1)c1ccccc1)/c1cccc2ccccc12. The summed E-state index contributed by atoms with van der Waals surface area (Å²) >= 11 is 0. The van der Waals surface area contributed by atoms with Gasteiger partial charge in [-0.15, -0.1) is 5.10 Å². The molecule has 124 valence electrons. The van der Waals surface area contributed by atoms with Crippen LogP contribution in [0.1, 0.15) is 16.7 Å². The maximum atomic E-state index is 4.55. The van der Waals surface area contributed by atoms with Crippen molar-refractivity contribution in [3.05, 3.63) is 120 Å². The summed E-state index contributed by atoms with van der Waals surface area (Å²) in [6, 6.07) is 34.8. The predicted octanol–water partition coefficient (Wildman–Crippen LogP) is 5.71. The van der Waals surface area contributed by atoms with Crippen molar-refractivity contribution in [3.8, 4) is 0 Å². The number of hydrogen-bond acceptors (Lipinski definition) is 2. The topological polar surface area (TPSA) is 24.7 Å². The van der Waals surface area contributed by atoms with Crippen LogP contribution in [0.4, 0.5) is 0 Å². The van der Waals surface area contributed by atoms with Crippen LogP contribution in [-0.2, 0) is 0 Å². The highest BCUT2D eigenvalue weighted by Crippen LogP contribution is 2.17. The maximum absolute atomic E-state index is 4.55. The van der Waals surface area contributed by atoms with Crippen molar-refractivity contribution in [2.75, 3.05) is 0 Å². The van der Waals surface area contributed by atoms with Gasteiger partial charge in [0.05, 0.1) is 6.21 Å². The van der Waals surface area contributed by atoms with Crippen LogP contribution in [0.25, 0.3) is 10.8 Å². The van der Waals surface area contributed by atoms with Gasteiger partial charge in [0.15, 0.2) is 0 Å². The molecule has 0 saturated heterocycles. The first kappa shape index (κ1) is 16.0. The van der Waals surface area contributed by atoms with Crippen LogP contribution in [0.3, 0.4) is 0 Å². The predicted molar refractivity (Wildman–Crippen MR) is 110 cm³/mol. The zero-order chi connectivity index (χ0) is 17.6. The molecule has 0 aromatic heterocycles. The third-order valence-electron chi connectivity index (χ3n) is 4.27. The monoisotopic (exact) mass is 334 g/mol. The zero-order valence-corrected chi connectivity index (χ0v) is 14.3. The van der Waals surface area contributed by atoms with Gasteiger partial charge in [-0.3, -0.25) is 0 Å². The molecule has 2 heteroatoms. The Kier molecular flexibility index (Phi) is 4.66. The van der Waals surface area contributed by atoms with Crippen LogP contribution in [0.5, 0.6) is 0 Å². The first-order valence-electron chi connectivity index (χ1n) is 8.61. The van der Waals surface area contributed by atoms with Gasteiger partial charge in [0.2, 0.25) is 0 Å². The van der Waals surface area contributed by atoms with E-state index in [0.29, 0.717) is 0 Å². The minimum Gasteiger partial charge on any atom is -0.158 e. The Balaban J connectivity index is 1.74. The molecule has 0 unspecified atom stereocenters. The molecule has 2 nitrogen and oxygen atoms in total. The molecule has 0 aliphatic rings. The van der Waals surface area contributed by atoms with Gasteiger partial charge in [-0.25, -0.2) is 0 Å². The van der Waals surface area contributed by atoms with Gasteiger partial charge in [0.1, 0.15) is 5.71 Å². The van der Waals surface area contributed by atoms with Crippen LogP contribution in [0, 0.1) is 0 Å². The van der Waals surface area contributed by atoms with E-state index in [-0.39, 0.29) is 0 Å². The highest BCUT2D eigenvalue weighted by atomic mass is 15.2. The molecular formula is C24H18N2. The van der Waals surface area contributed by atoms with Gasteiger partial charge in [-0.05, 0) is 10.8 Å². The van der Waals surface area contributed by atoms with E-state index in [1.807, 2.05) is 60.8 Å². The van der Waals surface area contributed by atoms with Crippen molar-refractivity contribution in [1.29, 1.82) is 0 Å². The Morgan fingerprint density at radius 1 is 0.577 bits per heavy atom. The molecule has 4 rings (SSSR count). The fraction of sp³-hybridized carbons (Fsp3) is 0. The van der Waals surface area contributed by atoms with Crippen molar-refractivity contribution in [2.24, 2.45) is 10.2 Å². The molecule has 0 heterocycles. The van der Waals surface area contributed by atoms with Gasteiger partial charge < -0.3 is 0 Å². The van der Waals surface area contributed by atoms with E-state index in [2.05, 4.69) is 58.7 Å². The number of nitrogens with zero attached hydrogens (tertiary/aromatic N) is 2. The summed E-state index contributed by atoms with van der Waals surface area (Å²) in [4.78, 5) is 0. The second-order valence-corrected chi connectivity index (χ2v) is 5.99. The zero-order valence-electron chi connectivity index (χ0n) is 14.3. The third kappa shape index (κ3) is 3.45. The number of fused-ring (bicyclic) bond motifs is 1. The molecule has 4 aromatic rings. The van der Waals surface area contributed by atoms with Crippen LogP contribution in [0.2, 0.25) is 0 Å². The average molecular weight is 334 g/mol. The van der Waals surface area contributed by atoms with Crippen molar-refractivity contribution in [1.82, 2.24) is 0 Å². The first-order valence-corrected chi connectivity index (χ1v) is 8.61. The molecule has 0 N–H and O–H groups in total. The van der Waals surface area contributed by atoms with E-state index in [4.69, 9.17) is 0 Å². The van der Waals surface area contributed by atoms with E-state index < -0.39 is 0 Å². The van der Waals surface area contributed by atoms with Crippen molar-refractivity contribution in [3.63, 3.8) is 0 Å². The van der Waals surface area contributed by atoms with Gasteiger partial charge in [-0.1, -0.05) is 103 Å². The van der Waals surface area contributed by atoms with Crippen molar-refractivity contribution in [2.45, 2.75) is 0 Å². The molecular weight excluding hydrogens is 316 g/mol. The highest BCUT2D eigenvalue weighted by Gasteiger charge is 2.05. The quantitative estimate of drug-likeness (QED) is 0.337. The molecule has 26 heavy (non-hydrogen) atoms. The summed E-state index contributed by atoms with van der Waals surface area (Å²) in [5.41, 5.74) is 4.03. The van der Waals surface area contributed by atoms with E-state index in [1.54, 1.807) is 0 Å². The standard InChI is InChI=1S/C24H18N2/c1-3-11-20(12-4-1)24(21-13-5-2-6-14-21)26-25-18-22-16-9-15-19-10-7-8-17-23(19)22/h1-18H/b25-18-. The number of benzene rings is 4. The van der Waals surface area contributed by atoms with Gasteiger partial charge in [-0.2, -0.15) is 5.10 Å².